The second kappa shape index (κ2) is 11.5. The van der Waals surface area contributed by atoms with Crippen LogP contribution in [0.15, 0.2) is 78.2 Å². The Bertz CT molecular complexity index is 1620. The summed E-state index contributed by atoms with van der Waals surface area (Å²) in [5.74, 6) is -0.324. The highest BCUT2D eigenvalue weighted by Gasteiger charge is 2.18. The Hall–Kier alpha value is -3.77. The van der Waals surface area contributed by atoms with Gasteiger partial charge in [0.15, 0.2) is 18.1 Å². The average Bonchev–Trinajstić information content (AvgIpc) is 2.88. The minimum Gasteiger partial charge on any atom is -0.490 e. The fraction of sp³-hybridized carbons (Fsp3) is 0.120. The number of anilines is 1. The quantitative estimate of drug-likeness (QED) is 0.274. The zero-order valence-corrected chi connectivity index (χ0v) is 22.4. The van der Waals surface area contributed by atoms with Gasteiger partial charge in [-0.15, -0.1) is 4.68 Å². The smallest absolute Gasteiger partial charge is 0.349 e. The number of H-pyrrole nitrogens is 1. The molecule has 0 saturated carbocycles. The van der Waals surface area contributed by atoms with Crippen LogP contribution in [0.5, 0.6) is 11.5 Å². The molecule has 0 aliphatic rings. The van der Waals surface area contributed by atoms with Crippen LogP contribution in [0.25, 0.3) is 10.9 Å². The van der Waals surface area contributed by atoms with Gasteiger partial charge in [-0.25, -0.2) is 9.18 Å². The van der Waals surface area contributed by atoms with E-state index in [1.165, 1.54) is 30.5 Å². The fourth-order valence-corrected chi connectivity index (χ4v) is 4.28. The molecular weight excluding hydrogens is 615 g/mol. The van der Waals surface area contributed by atoms with E-state index < -0.39 is 23.0 Å². The van der Waals surface area contributed by atoms with Crippen LogP contribution in [-0.2, 0) is 4.79 Å². The normalized spacial score (nSPS) is 11.1. The summed E-state index contributed by atoms with van der Waals surface area (Å²) in [7, 11) is 0. The molecule has 0 radical (unpaired) electrons. The number of aromatic amines is 1. The number of halogens is 3. The van der Waals surface area contributed by atoms with Crippen molar-refractivity contribution in [2.75, 3.05) is 18.5 Å². The maximum Gasteiger partial charge on any atom is 0.349 e. The summed E-state index contributed by atoms with van der Waals surface area (Å²) >= 11 is 6.89. The van der Waals surface area contributed by atoms with Crippen LogP contribution in [0.4, 0.5) is 10.1 Å². The minimum absolute atomic E-state index is 0.251. The molecule has 0 aliphatic heterocycles. The van der Waals surface area contributed by atoms with Crippen molar-refractivity contribution >= 4 is 60.6 Å². The summed E-state index contributed by atoms with van der Waals surface area (Å²) in [6.07, 6.45) is 1.33. The van der Waals surface area contributed by atoms with Crippen LogP contribution < -0.4 is 26.0 Å². The molecule has 0 bridgehead atoms. The largest absolute Gasteiger partial charge is 0.490 e. The molecule has 0 aliphatic carbocycles. The second-order valence-electron chi connectivity index (χ2n) is 7.54. The maximum absolute atomic E-state index is 13.1. The van der Waals surface area contributed by atoms with E-state index in [-0.39, 0.29) is 12.4 Å². The molecule has 4 rings (SSSR count). The molecule has 37 heavy (non-hydrogen) atoms. The highest BCUT2D eigenvalue weighted by atomic mass is 79.9. The van der Waals surface area contributed by atoms with Crippen molar-refractivity contribution in [3.63, 3.8) is 0 Å². The first-order chi connectivity index (χ1) is 17.8. The van der Waals surface area contributed by atoms with Gasteiger partial charge in [-0.1, -0.05) is 12.1 Å². The second-order valence-corrected chi connectivity index (χ2v) is 9.12. The van der Waals surface area contributed by atoms with Crippen LogP contribution in [0.2, 0.25) is 0 Å². The number of hydrogen-bond donors (Lipinski definition) is 2. The molecule has 0 saturated heterocycles. The lowest BCUT2D eigenvalue weighted by molar-refractivity contribution is -0.118. The SMILES string of the molecule is CCOc1cc(C=Nn2c(=O)[nH]c3ccccc3c2=O)c(Br)c(Br)c1OCC(=O)Nc1ccc(F)cc1. The molecule has 4 aromatic rings. The topological polar surface area (TPSA) is 115 Å². The van der Waals surface area contributed by atoms with Crippen LogP contribution in [-0.4, -0.2) is 35.0 Å². The van der Waals surface area contributed by atoms with Gasteiger partial charge in [-0.05, 0) is 81.2 Å². The third-order valence-electron chi connectivity index (χ3n) is 5.03. The molecule has 1 aromatic heterocycles. The van der Waals surface area contributed by atoms with Gasteiger partial charge in [0.25, 0.3) is 11.5 Å². The molecule has 0 fully saturated rings. The fourth-order valence-electron chi connectivity index (χ4n) is 3.34. The molecule has 0 atom stereocenters. The monoisotopic (exact) mass is 632 g/mol. The van der Waals surface area contributed by atoms with Crippen molar-refractivity contribution in [3.8, 4) is 11.5 Å². The number of hydrogen-bond acceptors (Lipinski definition) is 6. The number of carbonyl (C=O) groups is 1. The molecule has 1 amide bonds. The zero-order chi connectivity index (χ0) is 26.5. The van der Waals surface area contributed by atoms with E-state index in [4.69, 9.17) is 9.47 Å². The van der Waals surface area contributed by atoms with Gasteiger partial charge >= 0.3 is 5.69 Å². The lowest BCUT2D eigenvalue weighted by Crippen LogP contribution is -2.32. The lowest BCUT2D eigenvalue weighted by Gasteiger charge is -2.16. The maximum atomic E-state index is 13.1. The third-order valence-corrected chi connectivity index (χ3v) is 7.17. The number of nitrogens with zero attached hydrogens (tertiary/aromatic N) is 2. The summed E-state index contributed by atoms with van der Waals surface area (Å²) in [6, 6.07) is 13.6. The van der Waals surface area contributed by atoms with Crippen LogP contribution >= 0.6 is 31.9 Å². The molecule has 190 valence electrons. The Balaban J connectivity index is 1.60. The number of aromatic nitrogens is 2. The Morgan fingerprint density at radius 3 is 2.57 bits per heavy atom. The summed E-state index contributed by atoms with van der Waals surface area (Å²) in [5.41, 5.74) is 0.0513. The van der Waals surface area contributed by atoms with E-state index in [0.717, 1.165) is 4.68 Å². The molecular formula is C25H19Br2FN4O5. The van der Waals surface area contributed by atoms with Crippen molar-refractivity contribution in [2.45, 2.75) is 6.92 Å². The number of fused-ring (bicyclic) bond motifs is 1. The molecule has 2 N–H and O–H groups in total. The number of carbonyl (C=O) groups excluding carboxylic acids is 1. The van der Waals surface area contributed by atoms with E-state index in [1.54, 1.807) is 37.3 Å². The van der Waals surface area contributed by atoms with Gasteiger partial charge < -0.3 is 19.8 Å². The first kappa shape index (κ1) is 26.3. The molecule has 0 unspecified atom stereocenters. The number of ether oxygens (including phenoxy) is 2. The van der Waals surface area contributed by atoms with Gasteiger partial charge in [0.2, 0.25) is 0 Å². The highest BCUT2D eigenvalue weighted by molar-refractivity contribution is 9.13. The van der Waals surface area contributed by atoms with E-state index >= 15 is 0 Å². The van der Waals surface area contributed by atoms with Gasteiger partial charge in [0.1, 0.15) is 5.82 Å². The van der Waals surface area contributed by atoms with Crippen molar-refractivity contribution < 1.29 is 18.7 Å². The van der Waals surface area contributed by atoms with Crippen LogP contribution in [0.1, 0.15) is 12.5 Å². The highest BCUT2D eigenvalue weighted by Crippen LogP contribution is 2.42. The average molecular weight is 634 g/mol. The minimum atomic E-state index is -0.688. The Labute approximate surface area is 226 Å². The van der Waals surface area contributed by atoms with Crippen LogP contribution in [0.3, 0.4) is 0 Å². The third kappa shape index (κ3) is 5.97. The molecule has 12 heteroatoms. The molecule has 9 nitrogen and oxygen atoms in total. The number of benzene rings is 3. The summed E-state index contributed by atoms with van der Waals surface area (Å²) < 4.78 is 26.1. The van der Waals surface area contributed by atoms with Crippen molar-refractivity contribution in [1.29, 1.82) is 0 Å². The Kier molecular flexibility index (Phi) is 8.19. The number of nitrogens with one attached hydrogen (secondary N) is 2. The molecule has 3 aromatic carbocycles. The standard InChI is InChI=1S/C25H19Br2FN4O5/c1-2-36-19-11-14(12-29-32-24(34)17-5-3-4-6-18(17)31-25(32)35)21(26)22(27)23(19)37-13-20(33)30-16-9-7-15(28)8-10-16/h3-12H,2,13H2,1H3,(H,30,33)(H,31,35). The Morgan fingerprint density at radius 1 is 1.11 bits per heavy atom. The summed E-state index contributed by atoms with van der Waals surface area (Å²) in [4.78, 5) is 40.1. The van der Waals surface area contributed by atoms with Crippen molar-refractivity contribution in [3.05, 3.63) is 95.8 Å². The number of para-hydroxylation sites is 1. The van der Waals surface area contributed by atoms with Gasteiger partial charge in [0.05, 0.1) is 28.2 Å². The predicted octanol–water partition coefficient (Wildman–Crippen LogP) is 4.65. The first-order valence-electron chi connectivity index (χ1n) is 10.9. The molecule has 0 spiro atoms. The van der Waals surface area contributed by atoms with Crippen molar-refractivity contribution in [2.24, 2.45) is 5.10 Å². The van der Waals surface area contributed by atoms with Gasteiger partial charge in [-0.2, -0.15) is 5.10 Å². The number of rotatable bonds is 8. The number of amides is 1. The zero-order valence-electron chi connectivity index (χ0n) is 19.3. The first-order valence-corrected chi connectivity index (χ1v) is 12.5. The van der Waals surface area contributed by atoms with E-state index in [0.29, 0.717) is 43.5 Å². The Morgan fingerprint density at radius 2 is 1.84 bits per heavy atom. The van der Waals surface area contributed by atoms with E-state index in [9.17, 15) is 18.8 Å². The van der Waals surface area contributed by atoms with E-state index in [2.05, 4.69) is 47.3 Å². The predicted molar refractivity (Wildman–Crippen MR) is 145 cm³/mol. The van der Waals surface area contributed by atoms with Gasteiger partial charge in [-0.3, -0.25) is 9.59 Å². The van der Waals surface area contributed by atoms with Gasteiger partial charge in [0, 0.05) is 15.7 Å². The summed E-state index contributed by atoms with van der Waals surface area (Å²) in [6.45, 7) is 1.73. The van der Waals surface area contributed by atoms with E-state index in [1.807, 2.05) is 0 Å². The van der Waals surface area contributed by atoms with Crippen LogP contribution in [0, 0.1) is 5.82 Å². The van der Waals surface area contributed by atoms with Crippen molar-refractivity contribution in [1.82, 2.24) is 9.66 Å². The molecule has 1 heterocycles. The lowest BCUT2D eigenvalue weighted by atomic mass is 10.2. The summed E-state index contributed by atoms with van der Waals surface area (Å²) in [5, 5.41) is 7.01.